The third-order valence-electron chi connectivity index (χ3n) is 0. The van der Waals surface area contributed by atoms with E-state index in [1.807, 2.05) is 0 Å². The first-order valence-corrected chi connectivity index (χ1v) is 2.10. The molecule has 0 bridgehead atoms. The van der Waals surface area contributed by atoms with Crippen molar-refractivity contribution in [2.75, 3.05) is 0 Å². The van der Waals surface area contributed by atoms with E-state index < -0.39 is 10.4 Å². The first kappa shape index (κ1) is 22.4. The molecule has 0 aromatic heterocycles. The summed E-state index contributed by atoms with van der Waals surface area (Å²) in [5, 5.41) is 0. The first-order chi connectivity index (χ1) is 2.00. The van der Waals surface area contributed by atoms with Crippen molar-refractivity contribution in [3.8, 4) is 0 Å². The largest absolute Gasteiger partial charge is 2.00 e. The molecule has 0 spiro atoms. The second kappa shape index (κ2) is 9.73. The molecule has 46 valence electrons. The Bertz CT molecular complexity index is 105. The van der Waals surface area contributed by atoms with E-state index in [2.05, 4.69) is 0 Å². The van der Waals surface area contributed by atoms with Gasteiger partial charge in [0.2, 0.25) is 0 Å². The normalized spacial score (nSPS) is 7.25. The summed E-state index contributed by atoms with van der Waals surface area (Å²) < 4.78 is 31.6. The van der Waals surface area contributed by atoms with Crippen LogP contribution in [-0.4, -0.2) is 60.7 Å². The molecule has 0 aliphatic carbocycles. The van der Waals surface area contributed by atoms with Crippen LogP contribution in [0.15, 0.2) is 0 Å². The summed E-state index contributed by atoms with van der Waals surface area (Å²) in [6, 6.07) is 0. The topological polar surface area (TPSA) is 106 Å². The zero-order valence-electron chi connectivity index (χ0n) is 7.33. The van der Waals surface area contributed by atoms with Gasteiger partial charge in [0.15, 0.2) is 0 Å². The Morgan fingerprint density at radius 2 is 1.25 bits per heavy atom. The molecule has 8 heteroatoms. The van der Waals surface area contributed by atoms with E-state index in [9.17, 15) is 0 Å². The molecule has 8 heavy (non-hydrogen) atoms. The molecular weight excluding hydrogens is 191 g/mol. The third kappa shape index (κ3) is 70.1. The van der Waals surface area contributed by atoms with Crippen LogP contribution in [0.3, 0.4) is 0 Å². The van der Waals surface area contributed by atoms with Crippen LogP contribution in [0.5, 0.6) is 0 Å². The van der Waals surface area contributed by atoms with E-state index in [1.54, 1.807) is 0 Å². The van der Waals surface area contributed by atoms with Crippen LogP contribution >= 0.6 is 0 Å². The molecule has 0 radical (unpaired) electrons. The van der Waals surface area contributed by atoms with Gasteiger partial charge in [-0.15, -0.1) is 0 Å². The van der Waals surface area contributed by atoms with Crippen molar-refractivity contribution in [2.45, 2.75) is 0 Å². The third-order valence-corrected chi connectivity index (χ3v) is 0. The quantitative estimate of drug-likeness (QED) is 0.302. The SMILES string of the molecule is O.O=S(=O)(O)O.[Ca+2].[H-].[H-].[H-].[K+]. The summed E-state index contributed by atoms with van der Waals surface area (Å²) in [7, 11) is -4.67. The number of hydrogen-bond donors (Lipinski definition) is 2. The number of hydrogen-bond acceptors (Lipinski definition) is 2. The Hall–Kier alpha value is 2.73. The van der Waals surface area contributed by atoms with Crippen LogP contribution in [0, 0.1) is 0 Å². The molecule has 0 atom stereocenters. The maximum absolute atomic E-state index is 8.74. The van der Waals surface area contributed by atoms with Gasteiger partial charge >= 0.3 is 99.5 Å². The Labute approximate surface area is 124 Å². The summed E-state index contributed by atoms with van der Waals surface area (Å²) in [6.07, 6.45) is 0. The van der Waals surface area contributed by atoms with Crippen LogP contribution in [0.2, 0.25) is 0 Å². The molecule has 0 heterocycles. The Morgan fingerprint density at radius 3 is 1.25 bits per heavy atom. The number of rotatable bonds is 0. The second-order valence-corrected chi connectivity index (χ2v) is 1.34. The van der Waals surface area contributed by atoms with E-state index in [0.29, 0.717) is 0 Å². The molecule has 0 aliphatic rings. The van der Waals surface area contributed by atoms with Crippen LogP contribution in [0.4, 0.5) is 0 Å². The Kier molecular flexibility index (Phi) is 27.3. The minimum Gasteiger partial charge on any atom is -1.00 e. The van der Waals surface area contributed by atoms with Crippen molar-refractivity contribution in [1.29, 1.82) is 0 Å². The van der Waals surface area contributed by atoms with Gasteiger partial charge in [-0.2, -0.15) is 8.42 Å². The molecule has 0 saturated heterocycles. The minimum absolute atomic E-state index is 0. The van der Waals surface area contributed by atoms with Crippen molar-refractivity contribution < 1.29 is 78.7 Å². The summed E-state index contributed by atoms with van der Waals surface area (Å²) >= 11 is 0. The predicted molar refractivity (Wildman–Crippen MR) is 26.9 cm³/mol. The molecule has 5 nitrogen and oxygen atoms in total. The van der Waals surface area contributed by atoms with Gasteiger partial charge in [0.05, 0.1) is 0 Å². The minimum atomic E-state index is -4.67. The average molecular weight is 198 g/mol. The molecule has 0 aromatic carbocycles. The fourth-order valence-electron chi connectivity index (χ4n) is 0. The smallest absolute Gasteiger partial charge is 1.00 e. The van der Waals surface area contributed by atoms with Gasteiger partial charge in [0, 0.05) is 0 Å². The van der Waals surface area contributed by atoms with Crippen molar-refractivity contribution >= 4 is 48.1 Å². The summed E-state index contributed by atoms with van der Waals surface area (Å²) in [5.74, 6) is 0. The zero-order chi connectivity index (χ0) is 4.50. The molecule has 0 saturated carbocycles. The van der Waals surface area contributed by atoms with Crippen molar-refractivity contribution in [3.05, 3.63) is 0 Å². The van der Waals surface area contributed by atoms with Crippen molar-refractivity contribution in [3.63, 3.8) is 0 Å². The molecule has 0 amide bonds. The van der Waals surface area contributed by atoms with Crippen LogP contribution in [-0.2, 0) is 10.4 Å². The Morgan fingerprint density at radius 1 is 1.25 bits per heavy atom. The zero-order valence-corrected chi connectivity index (χ0v) is 10.5. The summed E-state index contributed by atoms with van der Waals surface area (Å²) in [6.45, 7) is 0. The maximum atomic E-state index is 8.74. The van der Waals surface area contributed by atoms with Crippen molar-refractivity contribution in [2.24, 2.45) is 0 Å². The standard InChI is InChI=1S/Ca.K.H2O4S.H2O.3H/c;;1-5(2,3)4;;;;/h;;(H2,1,2,3,4);1H2;;;/q+2;+1;;;3*-1. The van der Waals surface area contributed by atoms with Gasteiger partial charge < -0.3 is 9.76 Å². The fourth-order valence-corrected chi connectivity index (χ4v) is 0. The molecule has 4 N–H and O–H groups in total. The van der Waals surface area contributed by atoms with Gasteiger partial charge in [-0.05, 0) is 0 Å². The van der Waals surface area contributed by atoms with Gasteiger partial charge in [-0.25, -0.2) is 0 Å². The molecule has 0 aliphatic heterocycles. The summed E-state index contributed by atoms with van der Waals surface area (Å²) in [4.78, 5) is 0. The van der Waals surface area contributed by atoms with Crippen LogP contribution in [0.25, 0.3) is 0 Å². The first-order valence-electron chi connectivity index (χ1n) is 0.698. The van der Waals surface area contributed by atoms with Crippen molar-refractivity contribution in [1.82, 2.24) is 0 Å². The van der Waals surface area contributed by atoms with E-state index in [-0.39, 0.29) is 98.9 Å². The van der Waals surface area contributed by atoms with E-state index >= 15 is 0 Å². The molecular formula is H7CaKO5S. The van der Waals surface area contributed by atoms with E-state index in [0.717, 1.165) is 0 Å². The van der Waals surface area contributed by atoms with Gasteiger partial charge in [-0.3, -0.25) is 9.11 Å². The monoisotopic (exact) mass is 198 g/mol. The van der Waals surface area contributed by atoms with E-state index in [4.69, 9.17) is 17.5 Å². The van der Waals surface area contributed by atoms with Gasteiger partial charge in [0.1, 0.15) is 0 Å². The van der Waals surface area contributed by atoms with Gasteiger partial charge in [-0.1, -0.05) is 0 Å². The van der Waals surface area contributed by atoms with Crippen LogP contribution in [0.1, 0.15) is 4.28 Å². The van der Waals surface area contributed by atoms with Crippen LogP contribution < -0.4 is 51.4 Å². The Balaban J connectivity index is -0.00000000533. The summed E-state index contributed by atoms with van der Waals surface area (Å²) in [5.41, 5.74) is 0. The molecule has 0 aromatic rings. The van der Waals surface area contributed by atoms with E-state index in [1.165, 1.54) is 0 Å². The maximum Gasteiger partial charge on any atom is 2.00 e. The molecule has 0 fully saturated rings. The molecule has 0 rings (SSSR count). The predicted octanol–water partition coefficient (Wildman–Crippen LogP) is -4.52. The fraction of sp³-hybridized carbons (Fsp3) is 0. The molecule has 0 unspecified atom stereocenters. The van der Waals surface area contributed by atoms with Gasteiger partial charge in [0.25, 0.3) is 0 Å². The second-order valence-electron chi connectivity index (χ2n) is 0.448. The average Bonchev–Trinajstić information content (AvgIpc) is 0.722.